The fourth-order valence-corrected chi connectivity index (χ4v) is 3.05. The van der Waals surface area contributed by atoms with Crippen LogP contribution in [0.3, 0.4) is 0 Å². The van der Waals surface area contributed by atoms with Gasteiger partial charge in [-0.2, -0.15) is 0 Å². The monoisotopic (exact) mass is 252 g/mol. The lowest BCUT2D eigenvalue weighted by Gasteiger charge is -2.31. The SMILES string of the molecule is CC(CC(=O)NC1CC2CCC(C1)N2)C(C)(C)C. The van der Waals surface area contributed by atoms with Gasteiger partial charge < -0.3 is 10.6 Å². The number of piperidine rings is 1. The largest absolute Gasteiger partial charge is 0.353 e. The van der Waals surface area contributed by atoms with Gasteiger partial charge >= 0.3 is 0 Å². The molecule has 0 radical (unpaired) electrons. The van der Waals surface area contributed by atoms with E-state index in [-0.39, 0.29) is 11.3 Å². The molecule has 2 rings (SSSR count). The molecule has 3 atom stereocenters. The maximum atomic E-state index is 12.1. The fraction of sp³-hybridized carbons (Fsp3) is 0.933. The van der Waals surface area contributed by atoms with Gasteiger partial charge in [0, 0.05) is 24.5 Å². The molecule has 3 unspecified atom stereocenters. The Kier molecular flexibility index (Phi) is 4.00. The Balaban J connectivity index is 1.78. The first-order chi connectivity index (χ1) is 8.34. The Labute approximate surface area is 111 Å². The standard InChI is InChI=1S/C15H28N2O/c1-10(15(2,3)4)7-14(18)17-13-8-11-5-6-12(9-13)16-11/h10-13,16H,5-9H2,1-4H3,(H,17,18). The summed E-state index contributed by atoms with van der Waals surface area (Å²) in [4.78, 5) is 12.1. The summed E-state index contributed by atoms with van der Waals surface area (Å²) in [5, 5.41) is 6.85. The Morgan fingerprint density at radius 3 is 2.33 bits per heavy atom. The highest BCUT2D eigenvalue weighted by Gasteiger charge is 2.34. The number of fused-ring (bicyclic) bond motifs is 2. The van der Waals surface area contributed by atoms with Crippen molar-refractivity contribution < 1.29 is 4.79 Å². The van der Waals surface area contributed by atoms with Crippen LogP contribution in [0.2, 0.25) is 0 Å². The molecule has 18 heavy (non-hydrogen) atoms. The van der Waals surface area contributed by atoms with E-state index in [0.717, 1.165) is 12.8 Å². The minimum atomic E-state index is 0.213. The molecule has 0 aromatic heterocycles. The third-order valence-electron chi connectivity index (χ3n) is 4.81. The molecule has 0 spiro atoms. The van der Waals surface area contributed by atoms with Crippen molar-refractivity contribution in [1.29, 1.82) is 0 Å². The third-order valence-corrected chi connectivity index (χ3v) is 4.81. The number of carbonyl (C=O) groups excluding carboxylic acids is 1. The zero-order chi connectivity index (χ0) is 13.3. The molecule has 0 aromatic carbocycles. The van der Waals surface area contributed by atoms with E-state index >= 15 is 0 Å². The Bertz CT molecular complexity index is 296. The predicted molar refractivity (Wildman–Crippen MR) is 74.3 cm³/mol. The number of nitrogens with one attached hydrogen (secondary N) is 2. The Hall–Kier alpha value is -0.570. The molecule has 0 saturated carbocycles. The first kappa shape index (κ1) is 13.9. The van der Waals surface area contributed by atoms with Crippen LogP contribution in [0, 0.1) is 11.3 Å². The molecule has 1 amide bonds. The topological polar surface area (TPSA) is 41.1 Å². The van der Waals surface area contributed by atoms with Crippen LogP contribution in [0.4, 0.5) is 0 Å². The van der Waals surface area contributed by atoms with Crippen LogP contribution in [-0.2, 0) is 4.79 Å². The predicted octanol–water partition coefficient (Wildman–Crippen LogP) is 2.46. The van der Waals surface area contributed by atoms with Gasteiger partial charge in [-0.15, -0.1) is 0 Å². The van der Waals surface area contributed by atoms with Crippen molar-refractivity contribution in [1.82, 2.24) is 10.6 Å². The first-order valence-corrected chi connectivity index (χ1v) is 7.40. The smallest absolute Gasteiger partial charge is 0.220 e. The van der Waals surface area contributed by atoms with Crippen molar-refractivity contribution in [3.05, 3.63) is 0 Å². The van der Waals surface area contributed by atoms with Gasteiger partial charge in [-0.1, -0.05) is 27.7 Å². The summed E-state index contributed by atoms with van der Waals surface area (Å²) < 4.78 is 0. The zero-order valence-electron chi connectivity index (χ0n) is 12.3. The van der Waals surface area contributed by atoms with Crippen LogP contribution in [0.1, 0.15) is 59.8 Å². The molecule has 0 aliphatic carbocycles. The lowest BCUT2D eigenvalue weighted by molar-refractivity contribution is -0.123. The van der Waals surface area contributed by atoms with E-state index in [1.165, 1.54) is 12.8 Å². The number of hydrogen-bond donors (Lipinski definition) is 2. The molecule has 2 aliphatic heterocycles. The van der Waals surface area contributed by atoms with Gasteiger partial charge in [-0.3, -0.25) is 4.79 Å². The fourth-order valence-electron chi connectivity index (χ4n) is 3.05. The van der Waals surface area contributed by atoms with E-state index in [1.54, 1.807) is 0 Å². The molecule has 3 heteroatoms. The highest BCUT2D eigenvalue weighted by molar-refractivity contribution is 5.76. The minimum Gasteiger partial charge on any atom is -0.353 e. The summed E-state index contributed by atoms with van der Waals surface area (Å²) in [5.74, 6) is 0.666. The van der Waals surface area contributed by atoms with E-state index in [9.17, 15) is 4.79 Å². The highest BCUT2D eigenvalue weighted by atomic mass is 16.1. The maximum absolute atomic E-state index is 12.1. The van der Waals surface area contributed by atoms with Gasteiger partial charge in [-0.25, -0.2) is 0 Å². The van der Waals surface area contributed by atoms with Crippen LogP contribution >= 0.6 is 0 Å². The molecule has 2 N–H and O–H groups in total. The second-order valence-corrected chi connectivity index (χ2v) is 7.34. The minimum absolute atomic E-state index is 0.213. The van der Waals surface area contributed by atoms with Gasteiger partial charge in [-0.05, 0) is 37.0 Å². The van der Waals surface area contributed by atoms with Crippen LogP contribution in [0.25, 0.3) is 0 Å². The summed E-state index contributed by atoms with van der Waals surface area (Å²) in [6.07, 6.45) is 5.46. The van der Waals surface area contributed by atoms with Gasteiger partial charge in [0.15, 0.2) is 0 Å². The van der Waals surface area contributed by atoms with E-state index in [4.69, 9.17) is 0 Å². The van der Waals surface area contributed by atoms with E-state index < -0.39 is 0 Å². The molecule has 0 aromatic rings. The van der Waals surface area contributed by atoms with Gasteiger partial charge in [0.25, 0.3) is 0 Å². The van der Waals surface area contributed by atoms with Crippen LogP contribution in [0.5, 0.6) is 0 Å². The summed E-state index contributed by atoms with van der Waals surface area (Å²) in [6, 6.07) is 1.70. The lowest BCUT2D eigenvalue weighted by Crippen LogP contribution is -2.48. The van der Waals surface area contributed by atoms with Gasteiger partial charge in [0.1, 0.15) is 0 Å². The molecule has 2 bridgehead atoms. The molecule has 2 fully saturated rings. The third kappa shape index (κ3) is 3.47. The number of carbonyl (C=O) groups is 1. The number of rotatable bonds is 3. The molecule has 3 nitrogen and oxygen atoms in total. The average Bonchev–Trinajstić information content (AvgIpc) is 2.56. The molecular formula is C15H28N2O. The van der Waals surface area contributed by atoms with E-state index in [1.807, 2.05) is 0 Å². The van der Waals surface area contributed by atoms with Gasteiger partial charge in [0.2, 0.25) is 5.91 Å². The summed E-state index contributed by atoms with van der Waals surface area (Å²) in [5.41, 5.74) is 0.213. The van der Waals surface area contributed by atoms with Crippen molar-refractivity contribution >= 4 is 5.91 Å². The number of amides is 1. The van der Waals surface area contributed by atoms with Crippen molar-refractivity contribution in [2.24, 2.45) is 11.3 Å². The average molecular weight is 252 g/mol. The van der Waals surface area contributed by atoms with E-state index in [2.05, 4.69) is 38.3 Å². The van der Waals surface area contributed by atoms with E-state index in [0.29, 0.717) is 30.5 Å². The highest BCUT2D eigenvalue weighted by Crippen LogP contribution is 2.29. The first-order valence-electron chi connectivity index (χ1n) is 7.40. The van der Waals surface area contributed by atoms with Crippen LogP contribution in [0.15, 0.2) is 0 Å². The second kappa shape index (κ2) is 5.20. The molecule has 2 saturated heterocycles. The summed E-state index contributed by atoms with van der Waals surface area (Å²) in [6.45, 7) is 8.78. The van der Waals surface area contributed by atoms with Gasteiger partial charge in [0.05, 0.1) is 0 Å². The Morgan fingerprint density at radius 1 is 1.28 bits per heavy atom. The van der Waals surface area contributed by atoms with Crippen LogP contribution in [-0.4, -0.2) is 24.0 Å². The molecule has 2 heterocycles. The zero-order valence-corrected chi connectivity index (χ0v) is 12.3. The van der Waals surface area contributed by atoms with Crippen molar-refractivity contribution in [3.8, 4) is 0 Å². The quantitative estimate of drug-likeness (QED) is 0.810. The summed E-state index contributed by atoms with van der Waals surface area (Å²) >= 11 is 0. The van der Waals surface area contributed by atoms with Crippen molar-refractivity contribution in [2.45, 2.75) is 77.9 Å². The van der Waals surface area contributed by atoms with Crippen LogP contribution < -0.4 is 10.6 Å². The molecular weight excluding hydrogens is 224 g/mol. The second-order valence-electron chi connectivity index (χ2n) is 7.34. The van der Waals surface area contributed by atoms with Crippen molar-refractivity contribution in [3.63, 3.8) is 0 Å². The lowest BCUT2D eigenvalue weighted by atomic mass is 9.80. The normalized spacial score (nSPS) is 33.2. The van der Waals surface area contributed by atoms with Crippen molar-refractivity contribution in [2.75, 3.05) is 0 Å². The Morgan fingerprint density at radius 2 is 1.83 bits per heavy atom. The number of hydrogen-bond acceptors (Lipinski definition) is 2. The molecule has 104 valence electrons. The maximum Gasteiger partial charge on any atom is 0.220 e. The summed E-state index contributed by atoms with van der Waals surface area (Å²) in [7, 11) is 0. The molecule has 2 aliphatic rings.